The van der Waals surface area contributed by atoms with Crippen molar-refractivity contribution in [1.82, 2.24) is 10.2 Å². The summed E-state index contributed by atoms with van der Waals surface area (Å²) in [4.78, 5) is 7.33. The van der Waals surface area contributed by atoms with Crippen molar-refractivity contribution < 1.29 is 4.74 Å². The van der Waals surface area contributed by atoms with Crippen LogP contribution in [0.5, 0.6) is 0 Å². The largest absolute Gasteiger partial charge is 0.377 e. The van der Waals surface area contributed by atoms with Crippen LogP contribution in [0.3, 0.4) is 0 Å². The van der Waals surface area contributed by atoms with Gasteiger partial charge in [0.2, 0.25) is 0 Å². The van der Waals surface area contributed by atoms with E-state index in [1.807, 2.05) is 0 Å². The summed E-state index contributed by atoms with van der Waals surface area (Å²) >= 11 is 0. The zero-order chi connectivity index (χ0) is 16.9. The Balaban J connectivity index is 1.35. The molecule has 4 aliphatic rings. The van der Waals surface area contributed by atoms with Crippen molar-refractivity contribution in [3.05, 3.63) is 35.4 Å². The molecule has 1 N–H and O–H groups in total. The van der Waals surface area contributed by atoms with Crippen LogP contribution in [0.15, 0.2) is 29.3 Å². The molecule has 2 saturated carbocycles. The Hall–Kier alpha value is -1.55. The molecule has 4 nitrogen and oxygen atoms in total. The van der Waals surface area contributed by atoms with Gasteiger partial charge in [0.05, 0.1) is 6.10 Å². The lowest BCUT2D eigenvalue weighted by atomic mass is 9.46. The summed E-state index contributed by atoms with van der Waals surface area (Å²) < 4.78 is 6.08. The van der Waals surface area contributed by atoms with Gasteiger partial charge in [0, 0.05) is 43.6 Å². The van der Waals surface area contributed by atoms with E-state index in [0.717, 1.165) is 38.6 Å². The maximum absolute atomic E-state index is 6.08. The standard InChI is InChI=1S/C21H29N3O/c1-2-22-20(24-12-8-15-6-3-4-7-16(15)14-24)23-18-17-9-13-25-19(17)21(18)10-5-11-21/h3-4,6-7,17-19H,2,5,8-14H2,1H3,(H,22,23). The third kappa shape index (κ3) is 2.33. The van der Waals surface area contributed by atoms with Crippen LogP contribution in [-0.2, 0) is 17.7 Å². The van der Waals surface area contributed by atoms with E-state index in [2.05, 4.69) is 41.4 Å². The molecule has 3 unspecified atom stereocenters. The summed E-state index contributed by atoms with van der Waals surface area (Å²) in [5.74, 6) is 1.82. The molecule has 1 aromatic rings. The smallest absolute Gasteiger partial charge is 0.194 e. The molecule has 25 heavy (non-hydrogen) atoms. The number of rotatable bonds is 2. The molecule has 0 aromatic heterocycles. The van der Waals surface area contributed by atoms with Crippen molar-refractivity contribution in [2.45, 2.75) is 57.7 Å². The first-order valence-corrected chi connectivity index (χ1v) is 10.1. The molecule has 1 spiro atoms. The summed E-state index contributed by atoms with van der Waals surface area (Å²) in [5.41, 5.74) is 3.36. The van der Waals surface area contributed by atoms with E-state index >= 15 is 0 Å². The second-order valence-electron chi connectivity index (χ2n) is 8.19. The van der Waals surface area contributed by atoms with Crippen molar-refractivity contribution in [3.63, 3.8) is 0 Å². The highest BCUT2D eigenvalue weighted by Gasteiger charge is 2.66. The zero-order valence-electron chi connectivity index (χ0n) is 15.2. The van der Waals surface area contributed by atoms with Crippen molar-refractivity contribution in [2.75, 3.05) is 19.7 Å². The van der Waals surface area contributed by atoms with Gasteiger partial charge in [-0.1, -0.05) is 30.7 Å². The van der Waals surface area contributed by atoms with Crippen LogP contribution >= 0.6 is 0 Å². The Labute approximate surface area is 150 Å². The summed E-state index contributed by atoms with van der Waals surface area (Å²) in [6, 6.07) is 9.41. The number of hydrogen-bond donors (Lipinski definition) is 1. The number of nitrogens with zero attached hydrogens (tertiary/aromatic N) is 2. The van der Waals surface area contributed by atoms with Gasteiger partial charge in [-0.25, -0.2) is 0 Å². The van der Waals surface area contributed by atoms with Crippen LogP contribution in [-0.4, -0.2) is 42.7 Å². The van der Waals surface area contributed by atoms with E-state index in [1.54, 1.807) is 0 Å². The van der Waals surface area contributed by atoms with E-state index in [1.165, 1.54) is 36.8 Å². The third-order valence-electron chi connectivity index (χ3n) is 7.06. The molecule has 3 fully saturated rings. The first-order chi connectivity index (χ1) is 12.3. The van der Waals surface area contributed by atoms with Crippen LogP contribution in [0.1, 0.15) is 43.7 Å². The molecule has 5 rings (SSSR count). The second-order valence-corrected chi connectivity index (χ2v) is 8.19. The van der Waals surface area contributed by atoms with Gasteiger partial charge in [-0.2, -0.15) is 0 Å². The predicted octanol–water partition coefficient (Wildman–Crippen LogP) is 2.97. The molecule has 2 aliphatic carbocycles. The molecule has 0 amide bonds. The normalized spacial score (nSPS) is 32.6. The van der Waals surface area contributed by atoms with Gasteiger partial charge in [-0.05, 0) is 43.7 Å². The van der Waals surface area contributed by atoms with E-state index in [4.69, 9.17) is 9.73 Å². The maximum atomic E-state index is 6.08. The topological polar surface area (TPSA) is 36.9 Å². The molecule has 3 atom stereocenters. The average molecular weight is 339 g/mol. The van der Waals surface area contributed by atoms with E-state index in [0.29, 0.717) is 23.5 Å². The van der Waals surface area contributed by atoms with Gasteiger partial charge >= 0.3 is 0 Å². The molecule has 0 bridgehead atoms. The number of fused-ring (bicyclic) bond motifs is 3. The van der Waals surface area contributed by atoms with Gasteiger partial charge < -0.3 is 15.0 Å². The van der Waals surface area contributed by atoms with Gasteiger partial charge in [0.25, 0.3) is 0 Å². The van der Waals surface area contributed by atoms with Crippen LogP contribution in [0.2, 0.25) is 0 Å². The number of aliphatic imine (C=N–C) groups is 1. The highest BCUT2D eigenvalue weighted by atomic mass is 16.5. The number of nitrogens with one attached hydrogen (secondary N) is 1. The molecule has 0 radical (unpaired) electrons. The van der Waals surface area contributed by atoms with Crippen molar-refractivity contribution in [2.24, 2.45) is 16.3 Å². The summed E-state index contributed by atoms with van der Waals surface area (Å²) in [6.45, 7) is 5.97. The minimum absolute atomic E-state index is 0.406. The van der Waals surface area contributed by atoms with Crippen LogP contribution < -0.4 is 5.32 Å². The number of ether oxygens (including phenoxy) is 1. The third-order valence-corrected chi connectivity index (χ3v) is 7.06. The minimum atomic E-state index is 0.406. The van der Waals surface area contributed by atoms with E-state index in [-0.39, 0.29) is 0 Å². The monoisotopic (exact) mass is 339 g/mol. The van der Waals surface area contributed by atoms with Crippen LogP contribution in [0.25, 0.3) is 0 Å². The molecule has 1 aromatic carbocycles. The van der Waals surface area contributed by atoms with Crippen molar-refractivity contribution >= 4 is 5.96 Å². The van der Waals surface area contributed by atoms with Gasteiger partial charge in [-0.15, -0.1) is 0 Å². The average Bonchev–Trinajstić information content (AvgIpc) is 3.02. The lowest BCUT2D eigenvalue weighted by Gasteiger charge is -2.63. The van der Waals surface area contributed by atoms with Gasteiger partial charge in [0.15, 0.2) is 5.96 Å². The van der Waals surface area contributed by atoms with Gasteiger partial charge in [0.1, 0.15) is 0 Å². The molecular weight excluding hydrogens is 310 g/mol. The zero-order valence-corrected chi connectivity index (χ0v) is 15.2. The summed E-state index contributed by atoms with van der Waals surface area (Å²) in [5, 5.41) is 3.92. The predicted molar refractivity (Wildman–Crippen MR) is 99.6 cm³/mol. The Kier molecular flexibility index (Phi) is 3.77. The maximum Gasteiger partial charge on any atom is 0.194 e. The Bertz CT molecular complexity index is 681. The molecule has 4 heteroatoms. The SMILES string of the molecule is CCN=C(NC1C2CCOC2C12CCC2)N1CCc2ccccc2C1. The number of benzene rings is 1. The quantitative estimate of drug-likeness (QED) is 0.665. The first kappa shape index (κ1) is 15.7. The minimum Gasteiger partial charge on any atom is -0.377 e. The Morgan fingerprint density at radius 3 is 2.92 bits per heavy atom. The molecule has 1 saturated heterocycles. The molecule has 2 aliphatic heterocycles. The number of hydrogen-bond acceptors (Lipinski definition) is 2. The summed E-state index contributed by atoms with van der Waals surface area (Å²) in [6.07, 6.45) is 6.87. The molecule has 134 valence electrons. The first-order valence-electron chi connectivity index (χ1n) is 10.1. The van der Waals surface area contributed by atoms with E-state index < -0.39 is 0 Å². The molecule has 2 heterocycles. The van der Waals surface area contributed by atoms with E-state index in [9.17, 15) is 0 Å². The highest BCUT2D eigenvalue weighted by Crippen LogP contribution is 2.62. The fraction of sp³-hybridized carbons (Fsp3) is 0.667. The van der Waals surface area contributed by atoms with Crippen LogP contribution in [0.4, 0.5) is 0 Å². The highest BCUT2D eigenvalue weighted by molar-refractivity contribution is 5.81. The second kappa shape index (κ2) is 6.01. The lowest BCUT2D eigenvalue weighted by molar-refractivity contribution is -0.171. The lowest BCUT2D eigenvalue weighted by Crippen LogP contribution is -2.72. The van der Waals surface area contributed by atoms with Crippen molar-refractivity contribution in [1.29, 1.82) is 0 Å². The summed E-state index contributed by atoms with van der Waals surface area (Å²) in [7, 11) is 0. The van der Waals surface area contributed by atoms with Crippen LogP contribution in [0, 0.1) is 11.3 Å². The Morgan fingerprint density at radius 2 is 2.16 bits per heavy atom. The number of guanidine groups is 1. The van der Waals surface area contributed by atoms with Gasteiger partial charge in [-0.3, -0.25) is 4.99 Å². The fourth-order valence-corrected chi connectivity index (χ4v) is 5.66. The Morgan fingerprint density at radius 1 is 1.32 bits per heavy atom. The van der Waals surface area contributed by atoms with Crippen molar-refractivity contribution in [3.8, 4) is 0 Å². The molecular formula is C21H29N3O. The fourth-order valence-electron chi connectivity index (χ4n) is 5.66.